The lowest BCUT2D eigenvalue weighted by atomic mass is 10.1. The smallest absolute Gasteiger partial charge is 0.410 e. The molecule has 1 aromatic carbocycles. The summed E-state index contributed by atoms with van der Waals surface area (Å²) in [4.78, 5) is 13.7. The number of nitrogens with one attached hydrogen (secondary N) is 1. The van der Waals surface area contributed by atoms with Crippen LogP contribution in [-0.4, -0.2) is 44.1 Å². The molecule has 1 fully saturated rings. The number of amides is 1. The van der Waals surface area contributed by atoms with Crippen molar-refractivity contribution in [3.05, 3.63) is 35.6 Å². The minimum absolute atomic E-state index is 0.226. The summed E-state index contributed by atoms with van der Waals surface area (Å²) in [7, 11) is -3.58. The van der Waals surface area contributed by atoms with Gasteiger partial charge >= 0.3 is 6.09 Å². The second-order valence-electron chi connectivity index (χ2n) is 7.27. The number of sulfonamides is 1. The molecule has 0 spiro atoms. The second-order valence-corrected chi connectivity index (χ2v) is 9.02. The number of carbonyl (C=O) groups is 1. The molecule has 1 heterocycles. The van der Waals surface area contributed by atoms with Crippen molar-refractivity contribution in [1.82, 2.24) is 9.62 Å². The van der Waals surface area contributed by atoms with E-state index in [1.54, 1.807) is 20.8 Å². The summed E-state index contributed by atoms with van der Waals surface area (Å²) < 4.78 is 45.5. The zero-order chi connectivity index (χ0) is 18.7. The second kappa shape index (κ2) is 7.70. The van der Waals surface area contributed by atoms with E-state index in [1.165, 1.54) is 29.2 Å². The minimum atomic E-state index is -3.58. The lowest BCUT2D eigenvalue weighted by molar-refractivity contribution is 0.0195. The van der Waals surface area contributed by atoms with Crippen LogP contribution in [0.4, 0.5) is 9.18 Å². The first-order valence-corrected chi connectivity index (χ1v) is 9.92. The molecule has 0 radical (unpaired) electrons. The molecule has 2 rings (SSSR count). The van der Waals surface area contributed by atoms with Crippen LogP contribution in [0.1, 0.15) is 39.2 Å². The zero-order valence-corrected chi connectivity index (χ0v) is 15.6. The van der Waals surface area contributed by atoms with Crippen LogP contribution >= 0.6 is 0 Å². The van der Waals surface area contributed by atoms with Crippen molar-refractivity contribution in [3.8, 4) is 0 Å². The maximum absolute atomic E-state index is 12.9. The van der Waals surface area contributed by atoms with Gasteiger partial charge in [-0.2, -0.15) is 0 Å². The lowest BCUT2D eigenvalue weighted by Gasteiger charge is -2.34. The Kier molecular flexibility index (Phi) is 6.05. The van der Waals surface area contributed by atoms with Gasteiger partial charge in [0.25, 0.3) is 0 Å². The monoisotopic (exact) mass is 372 g/mol. The summed E-state index contributed by atoms with van der Waals surface area (Å²) in [6.45, 7) is 6.19. The number of hydrogen-bond acceptors (Lipinski definition) is 4. The van der Waals surface area contributed by atoms with E-state index in [1.807, 2.05) is 0 Å². The maximum atomic E-state index is 12.9. The quantitative estimate of drug-likeness (QED) is 0.882. The van der Waals surface area contributed by atoms with Crippen LogP contribution in [0.5, 0.6) is 0 Å². The Morgan fingerprint density at radius 1 is 1.32 bits per heavy atom. The Hall–Kier alpha value is -1.67. The van der Waals surface area contributed by atoms with Crippen molar-refractivity contribution in [3.63, 3.8) is 0 Å². The summed E-state index contributed by atoms with van der Waals surface area (Å²) in [5, 5.41) is 0. The molecule has 8 heteroatoms. The van der Waals surface area contributed by atoms with Gasteiger partial charge in [-0.25, -0.2) is 22.3 Å². The largest absolute Gasteiger partial charge is 0.444 e. The number of rotatable bonds is 4. The van der Waals surface area contributed by atoms with E-state index in [0.29, 0.717) is 24.9 Å². The normalized spacial score (nSPS) is 18.9. The molecule has 6 nitrogen and oxygen atoms in total. The Morgan fingerprint density at radius 2 is 1.96 bits per heavy atom. The standard InChI is InChI=1S/C17H25FN2O4S/c1-17(2,3)24-16(21)20-10-4-5-15(11-20)19-25(22,23)12-13-6-8-14(18)9-7-13/h6-9,15,19H,4-5,10-12H2,1-3H3/t15-/m1/s1. The first kappa shape index (κ1) is 19.7. The van der Waals surface area contributed by atoms with E-state index in [2.05, 4.69) is 4.72 Å². The van der Waals surface area contributed by atoms with Crippen molar-refractivity contribution in [2.75, 3.05) is 13.1 Å². The van der Waals surface area contributed by atoms with Crippen LogP contribution in [0.25, 0.3) is 0 Å². The summed E-state index contributed by atoms with van der Waals surface area (Å²) in [5.74, 6) is -0.634. The highest BCUT2D eigenvalue weighted by molar-refractivity contribution is 7.88. The van der Waals surface area contributed by atoms with Crippen LogP contribution in [0.3, 0.4) is 0 Å². The molecule has 1 aliphatic heterocycles. The molecule has 1 aromatic rings. The molecular weight excluding hydrogens is 347 g/mol. The third-order valence-electron chi connectivity index (χ3n) is 3.69. The highest BCUT2D eigenvalue weighted by Crippen LogP contribution is 2.16. The Labute approximate surface area is 148 Å². The Morgan fingerprint density at radius 3 is 2.56 bits per heavy atom. The lowest BCUT2D eigenvalue weighted by Crippen LogP contribution is -2.50. The van der Waals surface area contributed by atoms with Gasteiger partial charge in [-0.05, 0) is 51.3 Å². The van der Waals surface area contributed by atoms with Crippen molar-refractivity contribution in [1.29, 1.82) is 0 Å². The van der Waals surface area contributed by atoms with E-state index in [9.17, 15) is 17.6 Å². The third-order valence-corrected chi connectivity index (χ3v) is 5.10. The van der Waals surface area contributed by atoms with Gasteiger partial charge in [-0.1, -0.05) is 12.1 Å². The van der Waals surface area contributed by atoms with Gasteiger partial charge in [0.05, 0.1) is 5.75 Å². The van der Waals surface area contributed by atoms with Gasteiger partial charge in [-0.15, -0.1) is 0 Å². The number of benzene rings is 1. The van der Waals surface area contributed by atoms with Gasteiger partial charge < -0.3 is 9.64 Å². The van der Waals surface area contributed by atoms with Crippen LogP contribution < -0.4 is 4.72 Å². The molecular formula is C17H25FN2O4S. The summed E-state index contributed by atoms with van der Waals surface area (Å²) in [6.07, 6.45) is 0.917. The van der Waals surface area contributed by atoms with Gasteiger partial charge in [0.2, 0.25) is 10.0 Å². The predicted octanol–water partition coefficient (Wildman–Crippen LogP) is 2.64. The molecule has 0 aliphatic carbocycles. The zero-order valence-electron chi connectivity index (χ0n) is 14.8. The summed E-state index contributed by atoms with van der Waals surface area (Å²) >= 11 is 0. The van der Waals surface area contributed by atoms with E-state index >= 15 is 0 Å². The Balaban J connectivity index is 1.94. The van der Waals surface area contributed by atoms with E-state index in [0.717, 1.165) is 0 Å². The SMILES string of the molecule is CC(C)(C)OC(=O)N1CCC[C@@H](NS(=O)(=O)Cc2ccc(F)cc2)C1. The molecule has 0 bridgehead atoms. The average Bonchev–Trinajstić information content (AvgIpc) is 2.47. The first-order valence-electron chi connectivity index (χ1n) is 8.26. The fourth-order valence-electron chi connectivity index (χ4n) is 2.66. The number of halogens is 1. The third kappa shape index (κ3) is 6.62. The van der Waals surface area contributed by atoms with Crippen LogP contribution in [0.15, 0.2) is 24.3 Å². The summed E-state index contributed by atoms with van der Waals surface area (Å²) in [6, 6.07) is 5.00. The van der Waals surface area contributed by atoms with E-state index < -0.39 is 27.5 Å². The molecule has 0 saturated carbocycles. The molecule has 25 heavy (non-hydrogen) atoms. The van der Waals surface area contributed by atoms with Crippen LogP contribution in [-0.2, 0) is 20.5 Å². The number of piperidine rings is 1. The van der Waals surface area contributed by atoms with Crippen molar-refractivity contribution >= 4 is 16.1 Å². The Bertz CT molecular complexity index is 698. The minimum Gasteiger partial charge on any atom is -0.444 e. The number of nitrogens with zero attached hydrogens (tertiary/aromatic N) is 1. The van der Waals surface area contributed by atoms with Gasteiger partial charge in [-0.3, -0.25) is 0 Å². The molecule has 0 unspecified atom stereocenters. The number of ether oxygens (including phenoxy) is 1. The molecule has 1 N–H and O–H groups in total. The van der Waals surface area contributed by atoms with Gasteiger partial charge in [0.1, 0.15) is 11.4 Å². The maximum Gasteiger partial charge on any atom is 0.410 e. The van der Waals surface area contributed by atoms with Gasteiger partial charge in [0.15, 0.2) is 0 Å². The topological polar surface area (TPSA) is 75.7 Å². The predicted molar refractivity (Wildman–Crippen MR) is 93.0 cm³/mol. The molecule has 1 saturated heterocycles. The van der Waals surface area contributed by atoms with Crippen LogP contribution in [0, 0.1) is 5.82 Å². The van der Waals surface area contributed by atoms with Crippen LogP contribution in [0.2, 0.25) is 0 Å². The molecule has 0 aromatic heterocycles. The van der Waals surface area contributed by atoms with Gasteiger partial charge in [0, 0.05) is 19.1 Å². The fourth-order valence-corrected chi connectivity index (χ4v) is 4.08. The number of likely N-dealkylation sites (tertiary alicyclic amines) is 1. The highest BCUT2D eigenvalue weighted by atomic mass is 32.2. The molecule has 1 aliphatic rings. The average molecular weight is 372 g/mol. The fraction of sp³-hybridized carbons (Fsp3) is 0.588. The van der Waals surface area contributed by atoms with Crippen molar-refractivity contribution in [2.45, 2.75) is 51.0 Å². The number of hydrogen-bond donors (Lipinski definition) is 1. The first-order chi connectivity index (χ1) is 11.5. The van der Waals surface area contributed by atoms with Crippen molar-refractivity contribution < 1.29 is 22.3 Å². The van der Waals surface area contributed by atoms with E-state index in [4.69, 9.17) is 4.74 Å². The summed E-state index contributed by atoms with van der Waals surface area (Å²) in [5.41, 5.74) is -0.0831. The molecule has 140 valence electrons. The molecule has 1 amide bonds. The van der Waals surface area contributed by atoms with Crippen molar-refractivity contribution in [2.24, 2.45) is 0 Å². The van der Waals surface area contributed by atoms with E-state index in [-0.39, 0.29) is 18.3 Å². The highest BCUT2D eigenvalue weighted by Gasteiger charge is 2.29. The molecule has 1 atom stereocenters. The number of carbonyl (C=O) groups excluding carboxylic acids is 1.